The van der Waals surface area contributed by atoms with Crippen LogP contribution in [-0.2, 0) is 4.79 Å². The van der Waals surface area contributed by atoms with Gasteiger partial charge in [-0.25, -0.2) is 0 Å². The first-order valence-electron chi connectivity index (χ1n) is 4.59. The minimum Gasteiger partial charge on any atom is -0.368 e. The van der Waals surface area contributed by atoms with Crippen molar-refractivity contribution in [1.29, 1.82) is 0 Å². The second-order valence-electron chi connectivity index (χ2n) is 3.94. The van der Waals surface area contributed by atoms with Gasteiger partial charge in [0.15, 0.2) is 0 Å². The molecule has 70 valence electrons. The molecule has 1 fully saturated rings. The zero-order valence-corrected chi connectivity index (χ0v) is 8.08. The molecule has 1 heterocycles. The molecule has 0 saturated carbocycles. The standard InChI is InChI=1S/C9H18N2O/c1-6(2)11-5-4-7(3)8(11)9(10)12/h6-8H,4-5H2,1-3H3,(H2,10,12)/t7-,8-/m0/s1. The Hall–Kier alpha value is -0.570. The van der Waals surface area contributed by atoms with Crippen LogP contribution in [0.15, 0.2) is 0 Å². The Bertz CT molecular complexity index is 179. The molecule has 12 heavy (non-hydrogen) atoms. The van der Waals surface area contributed by atoms with Crippen molar-refractivity contribution in [2.45, 2.75) is 39.3 Å². The molecule has 1 aliphatic rings. The third-order valence-electron chi connectivity index (χ3n) is 2.69. The summed E-state index contributed by atoms with van der Waals surface area (Å²) in [5.74, 6) is 0.249. The number of primary amides is 1. The van der Waals surface area contributed by atoms with Crippen LogP contribution in [0.4, 0.5) is 0 Å². The van der Waals surface area contributed by atoms with E-state index in [9.17, 15) is 4.79 Å². The van der Waals surface area contributed by atoms with Gasteiger partial charge in [-0.15, -0.1) is 0 Å². The molecule has 1 rings (SSSR count). The van der Waals surface area contributed by atoms with Gasteiger partial charge >= 0.3 is 0 Å². The zero-order chi connectivity index (χ0) is 9.30. The zero-order valence-electron chi connectivity index (χ0n) is 8.08. The first kappa shape index (κ1) is 9.52. The van der Waals surface area contributed by atoms with Gasteiger partial charge in [0.25, 0.3) is 0 Å². The Morgan fingerprint density at radius 3 is 2.50 bits per heavy atom. The summed E-state index contributed by atoms with van der Waals surface area (Å²) in [5.41, 5.74) is 5.34. The Labute approximate surface area is 73.9 Å². The van der Waals surface area contributed by atoms with Gasteiger partial charge in [0.05, 0.1) is 6.04 Å². The van der Waals surface area contributed by atoms with Crippen LogP contribution in [0.2, 0.25) is 0 Å². The average Bonchev–Trinajstić information content (AvgIpc) is 2.30. The van der Waals surface area contributed by atoms with Crippen LogP contribution >= 0.6 is 0 Å². The van der Waals surface area contributed by atoms with Crippen molar-refractivity contribution in [2.75, 3.05) is 6.54 Å². The van der Waals surface area contributed by atoms with Crippen molar-refractivity contribution in [2.24, 2.45) is 11.7 Å². The lowest BCUT2D eigenvalue weighted by Gasteiger charge is -2.27. The van der Waals surface area contributed by atoms with Crippen molar-refractivity contribution >= 4 is 5.91 Å². The maximum absolute atomic E-state index is 11.1. The lowest BCUT2D eigenvalue weighted by Crippen LogP contribution is -2.46. The number of carbonyl (C=O) groups excluding carboxylic acids is 1. The maximum atomic E-state index is 11.1. The Kier molecular flexibility index (Phi) is 2.73. The van der Waals surface area contributed by atoms with E-state index in [1.165, 1.54) is 0 Å². The van der Waals surface area contributed by atoms with E-state index in [1.54, 1.807) is 0 Å². The van der Waals surface area contributed by atoms with Gasteiger partial charge in [0.2, 0.25) is 5.91 Å². The summed E-state index contributed by atoms with van der Waals surface area (Å²) in [7, 11) is 0. The second-order valence-corrected chi connectivity index (χ2v) is 3.94. The van der Waals surface area contributed by atoms with Crippen LogP contribution in [0.3, 0.4) is 0 Å². The van der Waals surface area contributed by atoms with Crippen LogP contribution in [-0.4, -0.2) is 29.4 Å². The summed E-state index contributed by atoms with van der Waals surface area (Å²) in [6.45, 7) is 7.31. The number of hydrogen-bond donors (Lipinski definition) is 1. The first-order valence-corrected chi connectivity index (χ1v) is 4.59. The smallest absolute Gasteiger partial charge is 0.235 e. The Morgan fingerprint density at radius 1 is 1.58 bits per heavy atom. The summed E-state index contributed by atoms with van der Waals surface area (Å²) >= 11 is 0. The first-order chi connectivity index (χ1) is 5.54. The van der Waals surface area contributed by atoms with Crippen molar-refractivity contribution in [1.82, 2.24) is 4.90 Å². The number of likely N-dealkylation sites (tertiary alicyclic amines) is 1. The quantitative estimate of drug-likeness (QED) is 0.659. The van der Waals surface area contributed by atoms with E-state index >= 15 is 0 Å². The molecule has 1 amide bonds. The summed E-state index contributed by atoms with van der Waals surface area (Å²) in [6.07, 6.45) is 1.09. The molecule has 3 heteroatoms. The van der Waals surface area contributed by atoms with E-state index in [0.29, 0.717) is 12.0 Å². The van der Waals surface area contributed by atoms with Gasteiger partial charge in [-0.1, -0.05) is 6.92 Å². The van der Waals surface area contributed by atoms with Crippen LogP contribution in [0.5, 0.6) is 0 Å². The van der Waals surface area contributed by atoms with E-state index in [0.717, 1.165) is 13.0 Å². The highest BCUT2D eigenvalue weighted by Gasteiger charge is 2.36. The van der Waals surface area contributed by atoms with Gasteiger partial charge in [-0.2, -0.15) is 0 Å². The fourth-order valence-corrected chi connectivity index (χ4v) is 2.00. The lowest BCUT2D eigenvalue weighted by molar-refractivity contribution is -0.123. The van der Waals surface area contributed by atoms with Crippen LogP contribution in [0.1, 0.15) is 27.2 Å². The molecular formula is C9H18N2O. The normalized spacial score (nSPS) is 31.3. The predicted octanol–water partition coefficient (Wildman–Crippen LogP) is 0.591. The van der Waals surface area contributed by atoms with Crippen LogP contribution in [0, 0.1) is 5.92 Å². The highest BCUT2D eigenvalue weighted by Crippen LogP contribution is 2.25. The lowest BCUT2D eigenvalue weighted by atomic mass is 10.0. The van der Waals surface area contributed by atoms with Gasteiger partial charge < -0.3 is 5.73 Å². The molecule has 0 spiro atoms. The molecule has 1 aliphatic heterocycles. The number of nitrogens with two attached hydrogens (primary N) is 1. The number of nitrogens with zero attached hydrogens (tertiary/aromatic N) is 1. The summed E-state index contributed by atoms with van der Waals surface area (Å²) in [4.78, 5) is 13.3. The Morgan fingerprint density at radius 2 is 2.17 bits per heavy atom. The summed E-state index contributed by atoms with van der Waals surface area (Å²) < 4.78 is 0. The van der Waals surface area contributed by atoms with Gasteiger partial charge in [0, 0.05) is 6.04 Å². The minimum atomic E-state index is -0.172. The largest absolute Gasteiger partial charge is 0.368 e. The van der Waals surface area contributed by atoms with E-state index in [2.05, 4.69) is 25.7 Å². The third-order valence-corrected chi connectivity index (χ3v) is 2.69. The topological polar surface area (TPSA) is 46.3 Å². The number of rotatable bonds is 2. The molecule has 0 unspecified atom stereocenters. The molecule has 3 nitrogen and oxygen atoms in total. The van der Waals surface area contributed by atoms with E-state index in [-0.39, 0.29) is 11.9 Å². The average molecular weight is 170 g/mol. The van der Waals surface area contributed by atoms with Crippen LogP contribution < -0.4 is 5.73 Å². The van der Waals surface area contributed by atoms with Crippen molar-refractivity contribution in [3.05, 3.63) is 0 Å². The molecular weight excluding hydrogens is 152 g/mol. The molecule has 0 aromatic heterocycles. The summed E-state index contributed by atoms with van der Waals surface area (Å²) in [5, 5.41) is 0. The SMILES string of the molecule is CC(C)N1CC[C@H](C)[C@H]1C(N)=O. The summed E-state index contributed by atoms with van der Waals surface area (Å²) in [6, 6.07) is 0.387. The third kappa shape index (κ3) is 1.61. The second kappa shape index (κ2) is 3.44. The molecule has 2 atom stereocenters. The van der Waals surface area contributed by atoms with E-state index < -0.39 is 0 Å². The van der Waals surface area contributed by atoms with Gasteiger partial charge in [-0.3, -0.25) is 9.69 Å². The highest BCUT2D eigenvalue weighted by molar-refractivity contribution is 5.80. The van der Waals surface area contributed by atoms with Gasteiger partial charge in [-0.05, 0) is 32.7 Å². The number of amides is 1. The maximum Gasteiger partial charge on any atom is 0.235 e. The number of carbonyl (C=O) groups is 1. The van der Waals surface area contributed by atoms with E-state index in [1.807, 2.05) is 0 Å². The Balaban J connectivity index is 2.70. The van der Waals surface area contributed by atoms with Crippen molar-refractivity contribution in [3.63, 3.8) is 0 Å². The van der Waals surface area contributed by atoms with Crippen molar-refractivity contribution in [3.8, 4) is 0 Å². The molecule has 1 saturated heterocycles. The minimum absolute atomic E-state index is 0.0370. The van der Waals surface area contributed by atoms with Gasteiger partial charge in [0.1, 0.15) is 0 Å². The molecule has 0 aliphatic carbocycles. The molecule has 0 aromatic rings. The monoisotopic (exact) mass is 170 g/mol. The van der Waals surface area contributed by atoms with E-state index in [4.69, 9.17) is 5.73 Å². The number of hydrogen-bond acceptors (Lipinski definition) is 2. The van der Waals surface area contributed by atoms with Crippen molar-refractivity contribution < 1.29 is 4.79 Å². The molecule has 0 radical (unpaired) electrons. The highest BCUT2D eigenvalue weighted by atomic mass is 16.1. The molecule has 2 N–H and O–H groups in total. The fraction of sp³-hybridized carbons (Fsp3) is 0.889. The predicted molar refractivity (Wildman–Crippen MR) is 48.6 cm³/mol. The molecule has 0 bridgehead atoms. The van der Waals surface area contributed by atoms with Crippen LogP contribution in [0.25, 0.3) is 0 Å². The fourth-order valence-electron chi connectivity index (χ4n) is 2.00. The molecule has 0 aromatic carbocycles.